The van der Waals surface area contributed by atoms with Gasteiger partial charge in [-0.1, -0.05) is 6.92 Å². The second-order valence-corrected chi connectivity index (χ2v) is 14.8. The van der Waals surface area contributed by atoms with Crippen LogP contribution < -0.4 is 0 Å². The lowest BCUT2D eigenvalue weighted by Gasteiger charge is -2.63. The third kappa shape index (κ3) is 2.26. The predicted molar refractivity (Wildman–Crippen MR) is 133 cm³/mol. The molecule has 14 atom stereocenters. The van der Waals surface area contributed by atoms with Gasteiger partial charge in [0.1, 0.15) is 17.5 Å². The van der Waals surface area contributed by atoms with Crippen molar-refractivity contribution in [1.29, 1.82) is 0 Å². The molecular weight excluding hydrogens is 536 g/mol. The van der Waals surface area contributed by atoms with Crippen molar-refractivity contribution in [2.24, 2.45) is 34.5 Å². The number of aliphatic hydroxyl groups is 1. The fourth-order valence-corrected chi connectivity index (χ4v) is 11.7. The average molecular weight is 573 g/mol. The van der Waals surface area contributed by atoms with Gasteiger partial charge in [-0.25, -0.2) is 4.79 Å². The molecule has 3 spiro atoms. The van der Waals surface area contributed by atoms with Gasteiger partial charge in [-0.3, -0.25) is 14.4 Å². The number of esters is 2. The molecule has 3 aliphatic carbocycles. The molecule has 6 heterocycles. The highest BCUT2D eigenvalue weighted by atomic mass is 16.8. The maximum Gasteiger partial charge on any atom is 0.342 e. The van der Waals surface area contributed by atoms with Crippen LogP contribution in [-0.4, -0.2) is 88.3 Å². The van der Waals surface area contributed by atoms with Crippen LogP contribution in [0.4, 0.5) is 0 Å². The van der Waals surface area contributed by atoms with Gasteiger partial charge in [-0.15, -0.1) is 0 Å². The Morgan fingerprint density at radius 2 is 1.83 bits per heavy atom. The Balaban J connectivity index is 1.27. The third-order valence-corrected chi connectivity index (χ3v) is 13.6. The van der Waals surface area contributed by atoms with Crippen molar-refractivity contribution in [2.45, 2.75) is 113 Å². The van der Waals surface area contributed by atoms with Crippen LogP contribution in [0.2, 0.25) is 0 Å². The summed E-state index contributed by atoms with van der Waals surface area (Å²) in [6.07, 6.45) is 0.245. The number of ketones is 2. The fraction of sp³-hybridized carbons (Fsp3) is 0.867. The molecule has 41 heavy (non-hydrogen) atoms. The van der Waals surface area contributed by atoms with Gasteiger partial charge in [0.15, 0.2) is 22.6 Å². The summed E-state index contributed by atoms with van der Waals surface area (Å²) in [5, 5.41) is 12.5. The van der Waals surface area contributed by atoms with Crippen LogP contribution >= 0.6 is 0 Å². The van der Waals surface area contributed by atoms with Crippen LogP contribution in [0.5, 0.6) is 0 Å². The molecule has 6 saturated heterocycles. The SMILES string of the molecule is CCO[C@@H]1CC(=O)[C@]2(C)[C@H]3CCC4(O)C(=O)O[C@@]5(C)[C@H]6C[C@]7(C)[C@@H](CO[C@]8(O[C@]45[C@H]7C8=O)[C@@H]3C[C@H]3O[C@]32C1)C(=O)O6. The maximum atomic E-state index is 15.1. The molecule has 0 aromatic heterocycles. The lowest BCUT2D eigenvalue weighted by atomic mass is 9.46. The van der Waals surface area contributed by atoms with E-state index in [1.54, 1.807) is 6.92 Å². The summed E-state index contributed by atoms with van der Waals surface area (Å²) in [6.45, 7) is 7.68. The Kier molecular flexibility index (Phi) is 4.31. The number of fused-ring (bicyclic) bond motifs is 4. The smallest absolute Gasteiger partial charge is 0.342 e. The molecule has 9 aliphatic rings. The molecule has 6 aliphatic heterocycles. The van der Waals surface area contributed by atoms with E-state index >= 15 is 4.79 Å². The molecule has 9 rings (SSSR count). The monoisotopic (exact) mass is 572 g/mol. The van der Waals surface area contributed by atoms with E-state index in [0.29, 0.717) is 19.4 Å². The van der Waals surface area contributed by atoms with Crippen LogP contribution in [0.3, 0.4) is 0 Å². The molecule has 9 fully saturated rings. The van der Waals surface area contributed by atoms with Crippen LogP contribution in [0.1, 0.15) is 66.2 Å². The zero-order valence-electron chi connectivity index (χ0n) is 23.7. The summed E-state index contributed by atoms with van der Waals surface area (Å²) in [5.74, 6) is -6.56. The van der Waals surface area contributed by atoms with Crippen molar-refractivity contribution in [3.8, 4) is 0 Å². The van der Waals surface area contributed by atoms with E-state index in [9.17, 15) is 19.5 Å². The van der Waals surface area contributed by atoms with E-state index in [4.69, 9.17) is 28.4 Å². The molecule has 11 nitrogen and oxygen atoms in total. The number of carbonyl (C=O) groups excluding carboxylic acids is 4. The van der Waals surface area contributed by atoms with E-state index in [1.165, 1.54) is 0 Å². The lowest BCUT2D eigenvalue weighted by molar-refractivity contribution is -0.376. The second-order valence-electron chi connectivity index (χ2n) is 14.8. The van der Waals surface area contributed by atoms with Gasteiger partial charge >= 0.3 is 11.9 Å². The van der Waals surface area contributed by atoms with Crippen molar-refractivity contribution in [3.63, 3.8) is 0 Å². The molecule has 1 N–H and O–H groups in total. The number of rotatable bonds is 2. The topological polar surface area (TPSA) is 147 Å². The Bertz CT molecular complexity index is 1360. The molecule has 5 bridgehead atoms. The standard InChI is InChI=1S/C30H36O11/c1-5-36-13-8-17(31)25(3)14-6-7-27(35)23(34)40-26(4)19-11-24(2)16(22(33)38-19)12-37-29(21(32)20(24)30(26,27)41-29)15(14)9-18-28(25,10-13)39-18/h13-16,18-20,35H,5-12H2,1-4H3/t13-,14+,15-,16+,18-,19-,20+,24-,25+,26+,27?,28-,29+,30+/m1/s1. The molecule has 11 heteroatoms. The molecule has 0 radical (unpaired) electrons. The van der Waals surface area contributed by atoms with E-state index in [2.05, 4.69) is 0 Å². The van der Waals surface area contributed by atoms with Crippen LogP contribution in [0, 0.1) is 34.5 Å². The minimum Gasteiger partial charge on any atom is -0.458 e. The number of epoxide rings is 1. The Morgan fingerprint density at radius 3 is 2.59 bits per heavy atom. The lowest BCUT2D eigenvalue weighted by Crippen LogP contribution is -2.79. The molecule has 0 amide bonds. The summed E-state index contributed by atoms with van der Waals surface area (Å²) in [6, 6.07) is 0. The largest absolute Gasteiger partial charge is 0.458 e. The summed E-state index contributed by atoms with van der Waals surface area (Å²) < 4.78 is 37.7. The first-order valence-electron chi connectivity index (χ1n) is 15.2. The zero-order valence-corrected chi connectivity index (χ0v) is 23.7. The van der Waals surface area contributed by atoms with Crippen LogP contribution in [0.25, 0.3) is 0 Å². The quantitative estimate of drug-likeness (QED) is 0.373. The highest BCUT2D eigenvalue weighted by molar-refractivity contribution is 5.99. The van der Waals surface area contributed by atoms with Gasteiger partial charge in [-0.2, -0.15) is 0 Å². The van der Waals surface area contributed by atoms with Crippen molar-refractivity contribution in [2.75, 3.05) is 13.2 Å². The Hall–Kier alpha value is -1.92. The molecule has 222 valence electrons. The Morgan fingerprint density at radius 1 is 1.05 bits per heavy atom. The van der Waals surface area contributed by atoms with Gasteiger partial charge in [-0.05, 0) is 57.8 Å². The molecular formula is C30H36O11. The normalized spacial score (nSPS) is 62.5. The van der Waals surface area contributed by atoms with Crippen LogP contribution in [-0.2, 0) is 47.6 Å². The minimum absolute atomic E-state index is 0.0131. The van der Waals surface area contributed by atoms with E-state index < -0.39 is 80.7 Å². The summed E-state index contributed by atoms with van der Waals surface area (Å²) in [4.78, 5) is 56.4. The van der Waals surface area contributed by atoms with E-state index in [-0.39, 0.29) is 56.1 Å². The third-order valence-electron chi connectivity index (χ3n) is 13.6. The first-order valence-corrected chi connectivity index (χ1v) is 15.2. The Labute approximate surface area is 236 Å². The molecule has 1 unspecified atom stereocenters. The molecule has 0 aromatic carbocycles. The molecule has 0 aromatic rings. The minimum atomic E-state index is -2.21. The van der Waals surface area contributed by atoms with Gasteiger partial charge in [0.25, 0.3) is 0 Å². The number of Topliss-reactive ketones (excluding diaryl/α,β-unsaturated/α-hetero) is 2. The number of carbonyl (C=O) groups is 4. The number of hydrogen-bond donors (Lipinski definition) is 1. The predicted octanol–water partition coefficient (Wildman–Crippen LogP) is 1.01. The van der Waals surface area contributed by atoms with Gasteiger partial charge in [0, 0.05) is 25.4 Å². The average Bonchev–Trinajstić information content (AvgIpc) is 3.49. The maximum absolute atomic E-state index is 15.1. The fourth-order valence-electron chi connectivity index (χ4n) is 11.7. The van der Waals surface area contributed by atoms with Crippen LogP contribution in [0.15, 0.2) is 0 Å². The van der Waals surface area contributed by atoms with Crippen molar-refractivity contribution in [3.05, 3.63) is 0 Å². The van der Waals surface area contributed by atoms with Gasteiger partial charge in [0.05, 0.1) is 36.1 Å². The van der Waals surface area contributed by atoms with E-state index in [0.717, 1.165) is 0 Å². The molecule has 3 saturated carbocycles. The number of ether oxygens (including phenoxy) is 6. The van der Waals surface area contributed by atoms with Crippen molar-refractivity contribution < 1.29 is 52.7 Å². The van der Waals surface area contributed by atoms with Gasteiger partial charge < -0.3 is 33.5 Å². The summed E-state index contributed by atoms with van der Waals surface area (Å²) >= 11 is 0. The van der Waals surface area contributed by atoms with E-state index in [1.807, 2.05) is 20.8 Å². The number of hydrogen-bond acceptors (Lipinski definition) is 11. The van der Waals surface area contributed by atoms with Crippen molar-refractivity contribution in [1.82, 2.24) is 0 Å². The van der Waals surface area contributed by atoms with Crippen molar-refractivity contribution >= 4 is 23.5 Å². The second kappa shape index (κ2) is 6.90. The highest BCUT2D eigenvalue weighted by Gasteiger charge is 2.94. The van der Waals surface area contributed by atoms with Gasteiger partial charge in [0.2, 0.25) is 5.79 Å². The zero-order chi connectivity index (χ0) is 28.8. The highest BCUT2D eigenvalue weighted by Crippen LogP contribution is 2.77. The summed E-state index contributed by atoms with van der Waals surface area (Å²) in [7, 11) is 0. The first-order chi connectivity index (χ1) is 19.3. The summed E-state index contributed by atoms with van der Waals surface area (Å²) in [5.41, 5.74) is -8.36. The first kappa shape index (κ1) is 25.6.